The van der Waals surface area contributed by atoms with Crippen LogP contribution in [-0.2, 0) is 19.3 Å². The van der Waals surface area contributed by atoms with Gasteiger partial charge in [-0.15, -0.1) is 0 Å². The first kappa shape index (κ1) is 15.0. The van der Waals surface area contributed by atoms with Gasteiger partial charge in [0, 0.05) is 12.6 Å². The summed E-state index contributed by atoms with van der Waals surface area (Å²) < 4.78 is 0. The standard InChI is InChI=1S/C22H27N/c1-2-7-18(8-3-1)9-6-14-23-17-19-12-13-22(23)16-21-11-5-4-10-20(21)15-19/h1-5,7-8,10-11,19,22H,6,9,12-17H2/t19-,22+/m0/s1. The monoisotopic (exact) mass is 305 g/mol. The first-order valence-corrected chi connectivity index (χ1v) is 9.23. The molecule has 0 aromatic heterocycles. The number of nitrogens with zero attached hydrogens (tertiary/aromatic N) is 1. The average Bonchev–Trinajstić information content (AvgIpc) is 2.56. The summed E-state index contributed by atoms with van der Waals surface area (Å²) in [6.07, 6.45) is 7.87. The van der Waals surface area contributed by atoms with Crippen molar-refractivity contribution in [1.82, 2.24) is 4.90 Å². The Labute approximate surface area is 140 Å². The second kappa shape index (κ2) is 6.88. The highest BCUT2D eigenvalue weighted by Gasteiger charge is 2.31. The second-order valence-electron chi connectivity index (χ2n) is 7.36. The van der Waals surface area contributed by atoms with Gasteiger partial charge in [0.05, 0.1) is 0 Å². The lowest BCUT2D eigenvalue weighted by molar-refractivity contribution is 0.0999. The summed E-state index contributed by atoms with van der Waals surface area (Å²) in [4.78, 5) is 2.80. The van der Waals surface area contributed by atoms with Crippen LogP contribution in [0.15, 0.2) is 54.6 Å². The Hall–Kier alpha value is -1.60. The summed E-state index contributed by atoms with van der Waals surface area (Å²) in [6.45, 7) is 2.58. The maximum atomic E-state index is 2.80. The molecule has 0 N–H and O–H groups in total. The minimum absolute atomic E-state index is 0.767. The van der Waals surface area contributed by atoms with Crippen LogP contribution in [0.3, 0.4) is 0 Å². The van der Waals surface area contributed by atoms with Crippen LogP contribution in [0.25, 0.3) is 0 Å². The molecule has 0 spiro atoms. The van der Waals surface area contributed by atoms with E-state index >= 15 is 0 Å². The SMILES string of the molecule is c1ccc(CCCN2C[C@H]3CC[C@@H]2Cc2ccccc2C3)cc1. The largest absolute Gasteiger partial charge is 0.300 e. The van der Waals surface area contributed by atoms with E-state index in [1.165, 1.54) is 57.2 Å². The normalized spacial score (nSPS) is 24.0. The quantitative estimate of drug-likeness (QED) is 0.804. The van der Waals surface area contributed by atoms with Gasteiger partial charge in [-0.05, 0) is 67.7 Å². The van der Waals surface area contributed by atoms with E-state index in [-0.39, 0.29) is 0 Å². The van der Waals surface area contributed by atoms with Crippen molar-refractivity contribution in [3.8, 4) is 0 Å². The minimum Gasteiger partial charge on any atom is -0.300 e. The molecule has 0 saturated carbocycles. The minimum atomic E-state index is 0.767. The summed E-state index contributed by atoms with van der Waals surface area (Å²) in [5, 5.41) is 0. The van der Waals surface area contributed by atoms with Crippen molar-refractivity contribution < 1.29 is 0 Å². The van der Waals surface area contributed by atoms with E-state index in [1.54, 1.807) is 11.1 Å². The lowest BCUT2D eigenvalue weighted by Gasteiger charge is -2.42. The third-order valence-corrected chi connectivity index (χ3v) is 5.75. The Morgan fingerprint density at radius 1 is 0.826 bits per heavy atom. The first-order chi connectivity index (χ1) is 11.4. The molecule has 0 amide bonds. The fourth-order valence-electron chi connectivity index (χ4n) is 4.51. The third kappa shape index (κ3) is 3.50. The van der Waals surface area contributed by atoms with Gasteiger partial charge in [-0.2, -0.15) is 0 Å². The first-order valence-electron chi connectivity index (χ1n) is 9.23. The fraction of sp³-hybridized carbons (Fsp3) is 0.455. The van der Waals surface area contributed by atoms with Crippen LogP contribution in [0.5, 0.6) is 0 Å². The Kier molecular flexibility index (Phi) is 4.48. The molecule has 2 aliphatic heterocycles. The summed E-state index contributed by atoms with van der Waals surface area (Å²) in [5.41, 5.74) is 4.70. The highest BCUT2D eigenvalue weighted by Crippen LogP contribution is 2.32. The predicted octanol–water partition coefficient (Wildman–Crippen LogP) is 4.50. The van der Waals surface area contributed by atoms with Crippen molar-refractivity contribution >= 4 is 0 Å². The van der Waals surface area contributed by atoms with E-state index in [1.807, 2.05) is 0 Å². The molecule has 0 radical (unpaired) electrons. The van der Waals surface area contributed by atoms with Gasteiger partial charge in [-0.1, -0.05) is 54.6 Å². The van der Waals surface area contributed by atoms with Crippen molar-refractivity contribution in [1.29, 1.82) is 0 Å². The maximum Gasteiger partial charge on any atom is 0.0136 e. The molecular weight excluding hydrogens is 278 g/mol. The summed E-state index contributed by atoms with van der Waals surface area (Å²) >= 11 is 0. The zero-order valence-corrected chi connectivity index (χ0v) is 14.0. The van der Waals surface area contributed by atoms with Crippen molar-refractivity contribution in [2.75, 3.05) is 13.1 Å². The lowest BCUT2D eigenvalue weighted by atomic mass is 9.80. The van der Waals surface area contributed by atoms with Gasteiger partial charge < -0.3 is 0 Å². The maximum absolute atomic E-state index is 2.80. The smallest absolute Gasteiger partial charge is 0.0136 e. The van der Waals surface area contributed by atoms with E-state index in [9.17, 15) is 0 Å². The van der Waals surface area contributed by atoms with E-state index in [4.69, 9.17) is 0 Å². The number of aryl methyl sites for hydroxylation is 1. The second-order valence-corrected chi connectivity index (χ2v) is 7.36. The molecule has 1 saturated heterocycles. The fourth-order valence-corrected chi connectivity index (χ4v) is 4.51. The van der Waals surface area contributed by atoms with E-state index in [0.717, 1.165) is 12.0 Å². The summed E-state index contributed by atoms with van der Waals surface area (Å²) in [5.74, 6) is 0.865. The molecule has 120 valence electrons. The molecular formula is C22H27N. The topological polar surface area (TPSA) is 3.24 Å². The molecule has 2 bridgehead atoms. The van der Waals surface area contributed by atoms with Crippen LogP contribution in [0.1, 0.15) is 36.0 Å². The van der Waals surface area contributed by atoms with Gasteiger partial charge in [0.2, 0.25) is 0 Å². The van der Waals surface area contributed by atoms with Crippen molar-refractivity contribution in [3.63, 3.8) is 0 Å². The Morgan fingerprint density at radius 3 is 2.39 bits per heavy atom. The zero-order valence-electron chi connectivity index (χ0n) is 14.0. The van der Waals surface area contributed by atoms with E-state index in [0.29, 0.717) is 0 Å². The Balaban J connectivity index is 1.41. The van der Waals surface area contributed by atoms with E-state index in [2.05, 4.69) is 59.5 Å². The molecule has 3 aliphatic rings. The molecule has 2 heterocycles. The van der Waals surface area contributed by atoms with Gasteiger partial charge in [0.15, 0.2) is 0 Å². The highest BCUT2D eigenvalue weighted by atomic mass is 15.2. The number of hydrogen-bond acceptors (Lipinski definition) is 1. The Morgan fingerprint density at radius 2 is 1.57 bits per heavy atom. The predicted molar refractivity (Wildman–Crippen MR) is 96.7 cm³/mol. The molecule has 2 aromatic carbocycles. The van der Waals surface area contributed by atoms with Crippen molar-refractivity contribution in [3.05, 3.63) is 71.3 Å². The number of fused-ring (bicyclic) bond motifs is 2. The highest BCUT2D eigenvalue weighted by molar-refractivity contribution is 5.29. The molecule has 2 aromatic rings. The number of rotatable bonds is 4. The molecule has 5 rings (SSSR count). The van der Waals surface area contributed by atoms with Gasteiger partial charge >= 0.3 is 0 Å². The van der Waals surface area contributed by atoms with Gasteiger partial charge in [-0.25, -0.2) is 0 Å². The van der Waals surface area contributed by atoms with Crippen LogP contribution in [0.4, 0.5) is 0 Å². The van der Waals surface area contributed by atoms with Crippen molar-refractivity contribution in [2.24, 2.45) is 5.92 Å². The van der Waals surface area contributed by atoms with Crippen LogP contribution >= 0.6 is 0 Å². The molecule has 1 nitrogen and oxygen atoms in total. The lowest BCUT2D eigenvalue weighted by Crippen LogP contribution is -2.47. The van der Waals surface area contributed by atoms with Crippen LogP contribution in [-0.4, -0.2) is 24.0 Å². The third-order valence-electron chi connectivity index (χ3n) is 5.75. The summed E-state index contributed by atoms with van der Waals surface area (Å²) in [7, 11) is 0. The van der Waals surface area contributed by atoms with Gasteiger partial charge in [-0.3, -0.25) is 4.90 Å². The molecule has 23 heavy (non-hydrogen) atoms. The summed E-state index contributed by atoms with van der Waals surface area (Å²) in [6, 6.07) is 20.9. The molecule has 2 atom stereocenters. The van der Waals surface area contributed by atoms with Crippen LogP contribution in [0.2, 0.25) is 0 Å². The zero-order chi connectivity index (χ0) is 15.5. The van der Waals surface area contributed by atoms with E-state index < -0.39 is 0 Å². The molecule has 1 fully saturated rings. The van der Waals surface area contributed by atoms with Crippen molar-refractivity contribution in [2.45, 2.75) is 44.6 Å². The van der Waals surface area contributed by atoms with Gasteiger partial charge in [0.25, 0.3) is 0 Å². The number of hydrogen-bond donors (Lipinski definition) is 0. The number of piperidine rings is 1. The number of benzene rings is 2. The molecule has 1 heteroatoms. The van der Waals surface area contributed by atoms with Crippen LogP contribution in [0, 0.1) is 5.92 Å². The average molecular weight is 305 g/mol. The van der Waals surface area contributed by atoms with Gasteiger partial charge in [0.1, 0.15) is 0 Å². The van der Waals surface area contributed by atoms with Crippen LogP contribution < -0.4 is 0 Å². The molecule has 0 unspecified atom stereocenters. The molecule has 1 aliphatic carbocycles. The Bertz CT molecular complexity index is 633.